The van der Waals surface area contributed by atoms with Gasteiger partial charge < -0.3 is 0 Å². The van der Waals surface area contributed by atoms with Gasteiger partial charge in [0.25, 0.3) is 0 Å². The highest BCUT2D eigenvalue weighted by atomic mass is 79.9. The third-order valence-electron chi connectivity index (χ3n) is 2.78. The number of Topliss-reactive ketones (excluding diaryl/α,β-unsaturated/α-hetero) is 1. The third kappa shape index (κ3) is 3.65. The van der Waals surface area contributed by atoms with E-state index in [4.69, 9.17) is 11.6 Å². The molecule has 2 aromatic rings. The van der Waals surface area contributed by atoms with E-state index in [1.165, 1.54) is 0 Å². The summed E-state index contributed by atoms with van der Waals surface area (Å²) in [5.41, 5.74) is 0.653. The van der Waals surface area contributed by atoms with Crippen LogP contribution in [0.25, 0.3) is 0 Å². The minimum absolute atomic E-state index is 0.0478. The smallest absolute Gasteiger partial charge is 0.230 e. The molecule has 1 heterocycles. The zero-order chi connectivity index (χ0) is 14.0. The zero-order valence-corrected chi connectivity index (χ0v) is 14.0. The van der Waals surface area contributed by atoms with E-state index in [-0.39, 0.29) is 11.8 Å². The second kappa shape index (κ2) is 6.16. The normalized spacial score (nSPS) is 12.2. The molecule has 0 amide bonds. The Morgan fingerprint density at radius 3 is 2.21 bits per heavy atom. The van der Waals surface area contributed by atoms with E-state index < -0.39 is 0 Å². The molecule has 0 fully saturated rings. The summed E-state index contributed by atoms with van der Waals surface area (Å²) < 4.78 is 3.70. The van der Waals surface area contributed by atoms with Crippen LogP contribution in [-0.2, 0) is 0 Å². The van der Waals surface area contributed by atoms with Crippen LogP contribution in [0.4, 0.5) is 0 Å². The van der Waals surface area contributed by atoms with Crippen molar-refractivity contribution in [2.45, 2.75) is 13.0 Å². The Hall–Kier alpha value is -0.710. The van der Waals surface area contributed by atoms with Crippen LogP contribution in [-0.4, -0.2) is 5.78 Å². The van der Waals surface area contributed by atoms with Crippen molar-refractivity contribution < 1.29 is 9.36 Å². The first-order valence-electron chi connectivity index (χ1n) is 5.64. The Balaban J connectivity index is 2.30. The van der Waals surface area contributed by atoms with Gasteiger partial charge in [-0.3, -0.25) is 4.79 Å². The van der Waals surface area contributed by atoms with Crippen molar-refractivity contribution in [2.75, 3.05) is 0 Å². The second-order valence-corrected chi connectivity index (χ2v) is 6.43. The molecule has 5 heteroatoms. The van der Waals surface area contributed by atoms with E-state index in [9.17, 15) is 4.79 Å². The average Bonchev–Trinajstić information content (AvgIpc) is 2.37. The molecule has 0 spiro atoms. The SMILES string of the molecule is C[C@H](C(=O)c1ccc(Cl)cc1)[n+]1cc(Br)cc(Br)c1. The number of aromatic nitrogens is 1. The van der Waals surface area contributed by atoms with Crippen molar-refractivity contribution in [1.82, 2.24) is 0 Å². The fraction of sp³-hybridized carbons (Fsp3) is 0.143. The van der Waals surface area contributed by atoms with Gasteiger partial charge in [-0.1, -0.05) is 11.6 Å². The van der Waals surface area contributed by atoms with Crippen molar-refractivity contribution in [3.8, 4) is 0 Å². The van der Waals surface area contributed by atoms with E-state index >= 15 is 0 Å². The number of nitrogens with zero attached hydrogens (tertiary/aromatic N) is 1. The summed E-state index contributed by atoms with van der Waals surface area (Å²) in [6.07, 6.45) is 3.76. The van der Waals surface area contributed by atoms with Gasteiger partial charge in [-0.05, 0) is 62.2 Å². The molecule has 19 heavy (non-hydrogen) atoms. The van der Waals surface area contributed by atoms with E-state index in [0.29, 0.717) is 10.6 Å². The van der Waals surface area contributed by atoms with E-state index in [1.807, 2.05) is 30.0 Å². The number of ketones is 1. The lowest BCUT2D eigenvalue weighted by molar-refractivity contribution is -0.705. The molecule has 1 aromatic heterocycles. The largest absolute Gasteiger partial charge is 0.287 e. The quantitative estimate of drug-likeness (QED) is 0.541. The first-order valence-corrected chi connectivity index (χ1v) is 7.60. The summed E-state index contributed by atoms with van der Waals surface area (Å²) in [5.74, 6) is 0.0478. The van der Waals surface area contributed by atoms with Gasteiger partial charge in [-0.2, -0.15) is 4.57 Å². The highest BCUT2D eigenvalue weighted by molar-refractivity contribution is 9.11. The molecule has 2 rings (SSSR count). The van der Waals surface area contributed by atoms with Crippen LogP contribution in [0.5, 0.6) is 0 Å². The van der Waals surface area contributed by atoms with Crippen LogP contribution >= 0.6 is 43.5 Å². The molecule has 1 aromatic carbocycles. The Morgan fingerprint density at radius 1 is 1.16 bits per heavy atom. The summed E-state index contributed by atoms with van der Waals surface area (Å²) in [7, 11) is 0. The lowest BCUT2D eigenvalue weighted by atomic mass is 10.1. The molecule has 2 nitrogen and oxygen atoms in total. The standard InChI is InChI=1S/C14H11Br2ClNO/c1-9(18-7-11(15)6-12(16)8-18)14(19)10-2-4-13(17)5-3-10/h2-9H,1H3/q+1/t9-/m1/s1. The predicted octanol–water partition coefficient (Wildman–Crippen LogP) is 4.60. The number of rotatable bonds is 3. The van der Waals surface area contributed by atoms with E-state index in [2.05, 4.69) is 31.9 Å². The number of hydrogen-bond donors (Lipinski definition) is 0. The molecular weight excluding hydrogens is 393 g/mol. The molecule has 0 N–H and O–H groups in total. The highest BCUT2D eigenvalue weighted by Crippen LogP contribution is 2.17. The molecule has 0 saturated carbocycles. The van der Waals surface area contributed by atoms with Gasteiger partial charge in [0.05, 0.1) is 8.95 Å². The highest BCUT2D eigenvalue weighted by Gasteiger charge is 2.24. The van der Waals surface area contributed by atoms with Crippen molar-refractivity contribution in [3.05, 3.63) is 62.3 Å². The van der Waals surface area contributed by atoms with Crippen LogP contribution in [0, 0.1) is 0 Å². The van der Waals surface area contributed by atoms with Crippen molar-refractivity contribution in [1.29, 1.82) is 0 Å². The summed E-state index contributed by atoms with van der Waals surface area (Å²) in [4.78, 5) is 12.4. The summed E-state index contributed by atoms with van der Waals surface area (Å²) in [5, 5.41) is 0.627. The number of benzene rings is 1. The van der Waals surface area contributed by atoms with Gasteiger partial charge >= 0.3 is 0 Å². The summed E-state index contributed by atoms with van der Waals surface area (Å²) >= 11 is 12.7. The van der Waals surface area contributed by atoms with Gasteiger partial charge in [-0.15, -0.1) is 0 Å². The van der Waals surface area contributed by atoms with Crippen molar-refractivity contribution >= 4 is 49.2 Å². The van der Waals surface area contributed by atoms with Gasteiger partial charge in [0.1, 0.15) is 0 Å². The number of pyridine rings is 1. The molecule has 0 radical (unpaired) electrons. The molecule has 0 aliphatic carbocycles. The van der Waals surface area contributed by atoms with Crippen molar-refractivity contribution in [3.63, 3.8) is 0 Å². The van der Waals surface area contributed by atoms with Gasteiger partial charge in [0.2, 0.25) is 11.8 Å². The third-order valence-corrected chi connectivity index (χ3v) is 3.90. The van der Waals surface area contributed by atoms with Crippen LogP contribution in [0.3, 0.4) is 0 Å². The number of carbonyl (C=O) groups is 1. The maximum Gasteiger partial charge on any atom is 0.230 e. The Labute approximate surface area is 133 Å². The molecule has 0 aliphatic heterocycles. The second-order valence-electron chi connectivity index (χ2n) is 4.17. The Kier molecular flexibility index (Phi) is 4.76. The molecule has 0 bridgehead atoms. The van der Waals surface area contributed by atoms with Crippen molar-refractivity contribution in [2.24, 2.45) is 0 Å². The fourth-order valence-corrected chi connectivity index (χ4v) is 3.14. The van der Waals surface area contributed by atoms with Crippen LogP contribution < -0.4 is 4.57 Å². The first-order chi connectivity index (χ1) is 8.97. The minimum atomic E-state index is -0.282. The Morgan fingerprint density at radius 2 is 1.68 bits per heavy atom. The van der Waals surface area contributed by atoms with Gasteiger partial charge in [0.15, 0.2) is 12.4 Å². The van der Waals surface area contributed by atoms with Gasteiger partial charge in [-0.25, -0.2) is 0 Å². The summed E-state index contributed by atoms with van der Waals surface area (Å²) in [6, 6.07) is 8.58. The van der Waals surface area contributed by atoms with Crippen LogP contribution in [0.2, 0.25) is 5.02 Å². The maximum atomic E-state index is 12.4. The van der Waals surface area contributed by atoms with E-state index in [1.54, 1.807) is 24.3 Å². The van der Waals surface area contributed by atoms with Crippen LogP contribution in [0.15, 0.2) is 51.7 Å². The minimum Gasteiger partial charge on any atom is -0.287 e. The molecule has 98 valence electrons. The topological polar surface area (TPSA) is 20.9 Å². The van der Waals surface area contributed by atoms with E-state index in [0.717, 1.165) is 8.95 Å². The molecule has 0 aliphatic rings. The van der Waals surface area contributed by atoms with Crippen LogP contribution in [0.1, 0.15) is 23.3 Å². The lowest BCUT2D eigenvalue weighted by Crippen LogP contribution is -2.42. The monoisotopic (exact) mass is 402 g/mol. The number of hydrogen-bond acceptors (Lipinski definition) is 1. The number of carbonyl (C=O) groups excluding carboxylic acids is 1. The molecular formula is C14H11Br2ClNO+. The van der Waals surface area contributed by atoms with Gasteiger partial charge in [0, 0.05) is 17.5 Å². The molecule has 0 unspecified atom stereocenters. The fourth-order valence-electron chi connectivity index (χ4n) is 1.74. The molecule has 0 saturated heterocycles. The number of halogens is 3. The molecule has 1 atom stereocenters. The first kappa shape index (κ1) is 14.7. The summed E-state index contributed by atoms with van der Waals surface area (Å²) in [6.45, 7) is 1.87. The Bertz CT molecular complexity index is 593. The zero-order valence-electron chi connectivity index (χ0n) is 10.1. The maximum absolute atomic E-state index is 12.4. The average molecular weight is 405 g/mol. The lowest BCUT2D eigenvalue weighted by Gasteiger charge is -2.07. The predicted molar refractivity (Wildman–Crippen MR) is 82.5 cm³/mol.